The molecule has 0 radical (unpaired) electrons. The minimum Gasteiger partial charge on any atom is -0.507 e. The van der Waals surface area contributed by atoms with E-state index in [2.05, 4.69) is 39.3 Å². The Balaban J connectivity index is 1.26. The van der Waals surface area contributed by atoms with E-state index in [1.54, 1.807) is 61.3 Å². The molecule has 3 N–H and O–H groups in total. The van der Waals surface area contributed by atoms with Crippen LogP contribution < -0.4 is 5.32 Å². The van der Waals surface area contributed by atoms with Gasteiger partial charge in [0.25, 0.3) is 5.91 Å². The molecule has 1 aliphatic rings. The molecule has 4 heterocycles. The molecule has 0 spiro atoms. The lowest BCUT2D eigenvalue weighted by molar-refractivity contribution is 0.0630. The van der Waals surface area contributed by atoms with Crippen molar-refractivity contribution in [2.75, 3.05) is 38.5 Å². The number of hydrogen-bond donors (Lipinski definition) is 3. The second-order valence-electron chi connectivity index (χ2n) is 12.3. The molecule has 0 bridgehead atoms. The van der Waals surface area contributed by atoms with Crippen LogP contribution in [0.5, 0.6) is 5.75 Å². The van der Waals surface area contributed by atoms with Crippen LogP contribution in [0.15, 0.2) is 73.2 Å². The molecule has 0 atom stereocenters. The van der Waals surface area contributed by atoms with Gasteiger partial charge in [-0.3, -0.25) is 19.8 Å². The van der Waals surface area contributed by atoms with Crippen molar-refractivity contribution in [2.24, 2.45) is 0 Å². The van der Waals surface area contributed by atoms with Crippen molar-refractivity contribution in [2.45, 2.75) is 32.5 Å². The Labute approximate surface area is 261 Å². The topological polar surface area (TPSA) is 129 Å². The number of phenols is 1. The molecular formula is C34H37N7O4. The highest BCUT2D eigenvalue weighted by Crippen LogP contribution is 2.30. The molecule has 6 rings (SSSR count). The third kappa shape index (κ3) is 6.65. The van der Waals surface area contributed by atoms with Crippen LogP contribution in [0.2, 0.25) is 0 Å². The molecular weight excluding hydrogens is 570 g/mol. The number of likely N-dealkylation sites (N-methyl/N-ethyl adjacent to an activating group) is 1. The third-order valence-corrected chi connectivity index (χ3v) is 8.06. The van der Waals surface area contributed by atoms with Crippen LogP contribution >= 0.6 is 0 Å². The van der Waals surface area contributed by atoms with Crippen LogP contribution in [-0.4, -0.2) is 90.1 Å². The molecule has 45 heavy (non-hydrogen) atoms. The van der Waals surface area contributed by atoms with Crippen molar-refractivity contribution in [3.63, 3.8) is 0 Å². The fraction of sp³-hybridized carbons (Fsp3) is 0.294. The number of piperazine rings is 1. The number of carbonyl (C=O) groups is 2. The first-order valence-corrected chi connectivity index (χ1v) is 14.9. The molecule has 1 fully saturated rings. The van der Waals surface area contributed by atoms with Crippen LogP contribution in [0.1, 0.15) is 40.1 Å². The summed E-state index contributed by atoms with van der Waals surface area (Å²) in [6.07, 6.45) is 5.75. The monoisotopic (exact) mass is 607 g/mol. The summed E-state index contributed by atoms with van der Waals surface area (Å²) in [6, 6.07) is 16.1. The maximum absolute atomic E-state index is 13.6. The predicted molar refractivity (Wildman–Crippen MR) is 173 cm³/mol. The van der Waals surface area contributed by atoms with Gasteiger partial charge in [-0.2, -0.15) is 0 Å². The van der Waals surface area contributed by atoms with E-state index in [1.807, 2.05) is 16.7 Å². The van der Waals surface area contributed by atoms with E-state index in [4.69, 9.17) is 4.98 Å². The molecule has 0 aliphatic carbocycles. The van der Waals surface area contributed by atoms with Crippen LogP contribution in [-0.2, 0) is 13.1 Å². The maximum atomic E-state index is 13.6. The van der Waals surface area contributed by atoms with E-state index in [1.165, 1.54) is 6.07 Å². The molecule has 1 amide bonds. The SMILES string of the molecule is CN1CCN(Cc2ccc3nc(NC(=O)c4ccnc(-n5ccc(-c6cccc(O)c6C=O)c5)c4)n(CC(C)(C)O)c3c2)CC1. The van der Waals surface area contributed by atoms with E-state index in [9.17, 15) is 19.8 Å². The summed E-state index contributed by atoms with van der Waals surface area (Å²) in [5.74, 6) is 0.391. The first-order chi connectivity index (χ1) is 21.6. The number of amides is 1. The zero-order chi connectivity index (χ0) is 31.7. The quantitative estimate of drug-likeness (QED) is 0.213. The fourth-order valence-electron chi connectivity index (χ4n) is 5.67. The number of benzene rings is 2. The number of aldehydes is 1. The van der Waals surface area contributed by atoms with E-state index >= 15 is 0 Å². The van der Waals surface area contributed by atoms with E-state index in [0.717, 1.165) is 54.9 Å². The van der Waals surface area contributed by atoms with E-state index < -0.39 is 5.60 Å². The number of imidazole rings is 1. The van der Waals surface area contributed by atoms with Gasteiger partial charge in [-0.25, -0.2) is 9.97 Å². The smallest absolute Gasteiger partial charge is 0.258 e. The number of rotatable bonds is 9. The van der Waals surface area contributed by atoms with Gasteiger partial charge in [0.2, 0.25) is 5.95 Å². The Morgan fingerprint density at radius 2 is 1.87 bits per heavy atom. The Bertz CT molecular complexity index is 1860. The fourth-order valence-corrected chi connectivity index (χ4v) is 5.67. The summed E-state index contributed by atoms with van der Waals surface area (Å²) in [5.41, 5.74) is 3.57. The Morgan fingerprint density at radius 3 is 2.62 bits per heavy atom. The van der Waals surface area contributed by atoms with Gasteiger partial charge in [0.15, 0.2) is 6.29 Å². The summed E-state index contributed by atoms with van der Waals surface area (Å²) in [7, 11) is 2.14. The first-order valence-electron chi connectivity index (χ1n) is 14.9. The van der Waals surface area contributed by atoms with Crippen molar-refractivity contribution in [1.29, 1.82) is 0 Å². The number of carbonyl (C=O) groups excluding carboxylic acids is 2. The molecule has 1 saturated heterocycles. The van der Waals surface area contributed by atoms with Crippen LogP contribution in [0.25, 0.3) is 28.0 Å². The van der Waals surface area contributed by atoms with Gasteiger partial charge in [0, 0.05) is 62.4 Å². The second-order valence-corrected chi connectivity index (χ2v) is 12.3. The summed E-state index contributed by atoms with van der Waals surface area (Å²) in [4.78, 5) is 39.1. The number of aromatic nitrogens is 4. The average molecular weight is 608 g/mol. The lowest BCUT2D eigenvalue weighted by Gasteiger charge is -2.32. The molecule has 232 valence electrons. The Kier molecular flexibility index (Phi) is 8.24. The number of nitrogens with zero attached hydrogens (tertiary/aromatic N) is 6. The molecule has 2 aromatic carbocycles. The molecule has 0 saturated carbocycles. The zero-order valence-corrected chi connectivity index (χ0v) is 25.6. The normalized spacial score (nSPS) is 14.6. The van der Waals surface area contributed by atoms with Gasteiger partial charge >= 0.3 is 0 Å². The number of nitrogens with one attached hydrogen (secondary N) is 1. The molecule has 3 aromatic heterocycles. The van der Waals surface area contributed by atoms with Gasteiger partial charge < -0.3 is 24.2 Å². The number of anilines is 1. The van der Waals surface area contributed by atoms with Crippen molar-refractivity contribution >= 4 is 29.2 Å². The molecule has 11 nitrogen and oxygen atoms in total. The number of aliphatic hydroxyl groups is 1. The van der Waals surface area contributed by atoms with Crippen molar-refractivity contribution in [3.8, 4) is 22.7 Å². The predicted octanol–water partition coefficient (Wildman–Crippen LogP) is 4.18. The van der Waals surface area contributed by atoms with E-state index in [0.29, 0.717) is 29.2 Å². The number of fused-ring (bicyclic) bond motifs is 1. The molecule has 11 heteroatoms. The second kappa shape index (κ2) is 12.3. The summed E-state index contributed by atoms with van der Waals surface area (Å²) < 4.78 is 3.61. The highest BCUT2D eigenvalue weighted by molar-refractivity contribution is 6.04. The molecule has 0 unspecified atom stereocenters. The number of pyridine rings is 1. The Morgan fingerprint density at radius 1 is 1.07 bits per heavy atom. The third-order valence-electron chi connectivity index (χ3n) is 8.06. The number of aromatic hydroxyl groups is 1. The molecule has 1 aliphatic heterocycles. The summed E-state index contributed by atoms with van der Waals surface area (Å²) in [5, 5.41) is 23.8. The lowest BCUT2D eigenvalue weighted by Crippen LogP contribution is -2.43. The van der Waals surface area contributed by atoms with E-state index in [-0.39, 0.29) is 23.8 Å². The first kappa shape index (κ1) is 30.2. The van der Waals surface area contributed by atoms with Crippen LogP contribution in [0, 0.1) is 0 Å². The van der Waals surface area contributed by atoms with Gasteiger partial charge in [0.05, 0.1) is 28.7 Å². The Hall–Kier alpha value is -4.84. The minimum absolute atomic E-state index is 0.0890. The summed E-state index contributed by atoms with van der Waals surface area (Å²) in [6.45, 7) is 8.61. The van der Waals surface area contributed by atoms with Gasteiger partial charge in [-0.15, -0.1) is 0 Å². The standard InChI is InChI=1S/C34H37N7O4/c1-34(2,45)22-41-29-17-23(19-39-15-13-38(3)14-16-39)7-8-28(29)36-33(41)37-32(44)24-9-11-35-31(18-24)40-12-10-25(20-40)26-5-4-6-30(43)27(26)21-42/h4-12,17-18,20-21,43,45H,13-16,19,22H2,1-3H3,(H,36,37,44). The minimum atomic E-state index is -1.05. The highest BCUT2D eigenvalue weighted by atomic mass is 16.3. The average Bonchev–Trinajstić information content (AvgIpc) is 3.63. The molecule has 5 aromatic rings. The van der Waals surface area contributed by atoms with Gasteiger partial charge in [0.1, 0.15) is 11.6 Å². The zero-order valence-electron chi connectivity index (χ0n) is 25.6. The summed E-state index contributed by atoms with van der Waals surface area (Å²) >= 11 is 0. The van der Waals surface area contributed by atoms with Crippen molar-refractivity contribution in [1.82, 2.24) is 28.9 Å². The maximum Gasteiger partial charge on any atom is 0.258 e. The van der Waals surface area contributed by atoms with Gasteiger partial charge in [-0.1, -0.05) is 18.2 Å². The van der Waals surface area contributed by atoms with Crippen molar-refractivity contribution in [3.05, 3.63) is 89.9 Å². The largest absolute Gasteiger partial charge is 0.507 e. The van der Waals surface area contributed by atoms with Crippen molar-refractivity contribution < 1.29 is 19.8 Å². The van der Waals surface area contributed by atoms with Gasteiger partial charge in [-0.05, 0) is 68.4 Å². The number of hydrogen-bond acceptors (Lipinski definition) is 8. The number of phenolic OH excluding ortho intramolecular Hbond substituents is 1. The lowest BCUT2D eigenvalue weighted by atomic mass is 10.0. The van der Waals surface area contributed by atoms with Crippen LogP contribution in [0.3, 0.4) is 0 Å². The van der Waals surface area contributed by atoms with Crippen LogP contribution in [0.4, 0.5) is 5.95 Å². The highest BCUT2D eigenvalue weighted by Gasteiger charge is 2.22.